The molecule has 1 aliphatic heterocycles. The van der Waals surface area contributed by atoms with Crippen molar-refractivity contribution < 1.29 is 4.79 Å². The summed E-state index contributed by atoms with van der Waals surface area (Å²) in [5.74, 6) is 1.00. The lowest BCUT2D eigenvalue weighted by molar-refractivity contribution is -0.116. The maximum absolute atomic E-state index is 12.0. The Balaban J connectivity index is 0.00000320. The van der Waals surface area contributed by atoms with Gasteiger partial charge in [0.1, 0.15) is 0 Å². The molecule has 0 saturated heterocycles. The summed E-state index contributed by atoms with van der Waals surface area (Å²) in [6.07, 6.45) is 2.66. The number of carbonyl (C=O) groups excluding carboxylic acids is 1. The molecule has 1 atom stereocenters. The number of rotatable bonds is 8. The van der Waals surface area contributed by atoms with Crippen molar-refractivity contribution >= 4 is 47.2 Å². The van der Waals surface area contributed by atoms with Crippen LogP contribution in [0.15, 0.2) is 59.6 Å². The highest BCUT2D eigenvalue weighted by Gasteiger charge is 2.24. The Kier molecular flexibility index (Phi) is 9.93. The maximum Gasteiger partial charge on any atom is 0.225 e. The quantitative estimate of drug-likeness (QED) is 0.214. The summed E-state index contributed by atoms with van der Waals surface area (Å²) in [5.41, 5.74) is 3.34. The highest BCUT2D eigenvalue weighted by molar-refractivity contribution is 14.0. The van der Waals surface area contributed by atoms with Gasteiger partial charge in [-0.3, -0.25) is 9.79 Å². The van der Waals surface area contributed by atoms with Gasteiger partial charge in [-0.2, -0.15) is 0 Å². The van der Waals surface area contributed by atoms with Crippen LogP contribution in [0.2, 0.25) is 0 Å². The molecule has 1 amide bonds. The van der Waals surface area contributed by atoms with Crippen LogP contribution in [0.4, 0.5) is 11.4 Å². The van der Waals surface area contributed by atoms with Crippen LogP contribution >= 0.6 is 24.0 Å². The van der Waals surface area contributed by atoms with E-state index in [1.54, 1.807) is 7.05 Å². The average molecular weight is 521 g/mol. The molecule has 1 unspecified atom stereocenters. The summed E-state index contributed by atoms with van der Waals surface area (Å²) < 4.78 is 0. The highest BCUT2D eigenvalue weighted by Crippen LogP contribution is 2.31. The zero-order valence-corrected chi connectivity index (χ0v) is 20.1. The van der Waals surface area contributed by atoms with Gasteiger partial charge >= 0.3 is 0 Å². The van der Waals surface area contributed by atoms with Crippen molar-refractivity contribution in [3.05, 3.63) is 60.2 Å². The minimum absolute atomic E-state index is 0. The van der Waals surface area contributed by atoms with E-state index in [4.69, 9.17) is 0 Å². The molecule has 162 valence electrons. The smallest absolute Gasteiger partial charge is 0.225 e. The number of fused-ring (bicyclic) bond motifs is 1. The Labute approximate surface area is 196 Å². The second-order valence-corrected chi connectivity index (χ2v) is 7.38. The van der Waals surface area contributed by atoms with E-state index < -0.39 is 0 Å². The van der Waals surface area contributed by atoms with E-state index in [9.17, 15) is 4.79 Å². The van der Waals surface area contributed by atoms with Crippen LogP contribution in [0.1, 0.15) is 30.7 Å². The second kappa shape index (κ2) is 12.4. The number of nitrogens with zero attached hydrogens (tertiary/aromatic N) is 2. The van der Waals surface area contributed by atoms with E-state index in [-0.39, 0.29) is 35.8 Å². The number of amides is 1. The minimum atomic E-state index is 0. The van der Waals surface area contributed by atoms with Crippen LogP contribution in [0.5, 0.6) is 0 Å². The lowest BCUT2D eigenvalue weighted by atomic mass is 9.90. The van der Waals surface area contributed by atoms with Crippen LogP contribution in [-0.2, 0) is 4.79 Å². The number of para-hydroxylation sites is 2. The number of carbonyl (C=O) groups is 1. The van der Waals surface area contributed by atoms with Crippen molar-refractivity contribution in [2.45, 2.75) is 25.2 Å². The molecule has 1 heterocycles. The summed E-state index contributed by atoms with van der Waals surface area (Å²) in [4.78, 5) is 18.6. The SMILES string of the molecule is CN=C(NCCCCN(C)c1ccccc1)NCC1CC(=O)Nc2ccccc21.I. The van der Waals surface area contributed by atoms with Gasteiger partial charge in [-0.05, 0) is 36.6 Å². The predicted molar refractivity (Wildman–Crippen MR) is 136 cm³/mol. The number of hydrogen-bond acceptors (Lipinski definition) is 3. The van der Waals surface area contributed by atoms with E-state index in [0.717, 1.165) is 37.6 Å². The molecule has 0 spiro atoms. The van der Waals surface area contributed by atoms with Crippen LogP contribution in [0.25, 0.3) is 0 Å². The van der Waals surface area contributed by atoms with Gasteiger partial charge in [-0.25, -0.2) is 0 Å². The molecule has 0 radical (unpaired) electrons. The summed E-state index contributed by atoms with van der Waals surface area (Å²) in [6, 6.07) is 18.4. The van der Waals surface area contributed by atoms with Crippen LogP contribution < -0.4 is 20.9 Å². The monoisotopic (exact) mass is 521 g/mol. The number of guanidine groups is 1. The fourth-order valence-electron chi connectivity index (χ4n) is 3.62. The molecular formula is C23H32IN5O. The minimum Gasteiger partial charge on any atom is -0.375 e. The third kappa shape index (κ3) is 6.90. The molecule has 30 heavy (non-hydrogen) atoms. The molecule has 2 aromatic rings. The third-order valence-corrected chi connectivity index (χ3v) is 5.26. The lowest BCUT2D eigenvalue weighted by Gasteiger charge is -2.26. The number of aliphatic imine (C=N–C) groups is 1. The number of hydrogen-bond donors (Lipinski definition) is 3. The van der Waals surface area contributed by atoms with E-state index in [0.29, 0.717) is 13.0 Å². The topological polar surface area (TPSA) is 68.8 Å². The molecule has 0 saturated carbocycles. The molecule has 2 aromatic carbocycles. The van der Waals surface area contributed by atoms with Crippen LogP contribution in [0.3, 0.4) is 0 Å². The summed E-state index contributed by atoms with van der Waals surface area (Å²) in [5, 5.41) is 9.70. The average Bonchev–Trinajstić information content (AvgIpc) is 2.75. The summed E-state index contributed by atoms with van der Waals surface area (Å²) in [6.45, 7) is 2.57. The molecule has 0 bridgehead atoms. The Morgan fingerprint density at radius 3 is 2.60 bits per heavy atom. The second-order valence-electron chi connectivity index (χ2n) is 7.38. The number of nitrogens with one attached hydrogen (secondary N) is 3. The predicted octanol–water partition coefficient (Wildman–Crippen LogP) is 3.81. The first-order valence-electron chi connectivity index (χ1n) is 10.3. The summed E-state index contributed by atoms with van der Waals surface area (Å²) >= 11 is 0. The zero-order valence-electron chi connectivity index (χ0n) is 17.7. The van der Waals surface area contributed by atoms with Crippen LogP contribution in [-0.4, -0.2) is 45.6 Å². The molecular weight excluding hydrogens is 489 g/mol. The van der Waals surface area contributed by atoms with E-state index in [2.05, 4.69) is 63.2 Å². The molecule has 0 aromatic heterocycles. The highest BCUT2D eigenvalue weighted by atomic mass is 127. The standard InChI is InChI=1S/C23H31N5O.HI/c1-24-23(25-14-8-9-15-28(2)19-10-4-3-5-11-19)26-17-18-16-22(29)27-21-13-7-6-12-20(18)21;/h3-7,10-13,18H,8-9,14-17H2,1-2H3,(H,27,29)(H2,24,25,26);1H. The first-order valence-corrected chi connectivity index (χ1v) is 10.3. The van der Waals surface area contributed by atoms with Gasteiger partial charge in [-0.15, -0.1) is 24.0 Å². The van der Waals surface area contributed by atoms with Crippen molar-refractivity contribution in [3.63, 3.8) is 0 Å². The van der Waals surface area contributed by atoms with Gasteiger partial charge in [0, 0.05) is 57.4 Å². The Morgan fingerprint density at radius 2 is 1.83 bits per heavy atom. The lowest BCUT2D eigenvalue weighted by Crippen LogP contribution is -2.41. The number of anilines is 2. The first-order chi connectivity index (χ1) is 14.2. The Bertz CT molecular complexity index is 827. The number of benzene rings is 2. The maximum atomic E-state index is 12.0. The third-order valence-electron chi connectivity index (χ3n) is 5.26. The van der Waals surface area contributed by atoms with E-state index >= 15 is 0 Å². The van der Waals surface area contributed by atoms with Crippen molar-refractivity contribution in [1.29, 1.82) is 0 Å². The number of unbranched alkanes of at least 4 members (excludes halogenated alkanes) is 1. The molecule has 3 rings (SSSR count). The van der Waals surface area contributed by atoms with Gasteiger partial charge in [-0.1, -0.05) is 36.4 Å². The molecule has 3 N–H and O–H groups in total. The van der Waals surface area contributed by atoms with Crippen LogP contribution in [0, 0.1) is 0 Å². The van der Waals surface area contributed by atoms with Crippen molar-refractivity contribution in [2.75, 3.05) is 43.9 Å². The van der Waals surface area contributed by atoms with Gasteiger partial charge in [0.05, 0.1) is 0 Å². The fraction of sp³-hybridized carbons (Fsp3) is 0.391. The van der Waals surface area contributed by atoms with Gasteiger partial charge in [0.2, 0.25) is 5.91 Å². The van der Waals surface area contributed by atoms with E-state index in [1.807, 2.05) is 24.3 Å². The Morgan fingerprint density at radius 1 is 1.10 bits per heavy atom. The molecule has 0 aliphatic carbocycles. The van der Waals surface area contributed by atoms with Crippen molar-refractivity contribution in [3.8, 4) is 0 Å². The van der Waals surface area contributed by atoms with Crippen molar-refractivity contribution in [2.24, 2.45) is 4.99 Å². The molecule has 6 nitrogen and oxygen atoms in total. The van der Waals surface area contributed by atoms with Gasteiger partial charge in [0.25, 0.3) is 0 Å². The normalized spacial score (nSPS) is 15.5. The first kappa shape index (κ1) is 24.0. The zero-order chi connectivity index (χ0) is 20.5. The fourth-order valence-corrected chi connectivity index (χ4v) is 3.62. The number of halogens is 1. The van der Waals surface area contributed by atoms with Crippen molar-refractivity contribution in [1.82, 2.24) is 10.6 Å². The largest absolute Gasteiger partial charge is 0.375 e. The molecule has 7 heteroatoms. The van der Waals surface area contributed by atoms with Gasteiger partial charge in [0.15, 0.2) is 5.96 Å². The van der Waals surface area contributed by atoms with Gasteiger partial charge < -0.3 is 20.9 Å². The molecule has 1 aliphatic rings. The Hall–Kier alpha value is -2.29. The molecule has 0 fully saturated rings. The summed E-state index contributed by atoms with van der Waals surface area (Å²) in [7, 11) is 3.90. The van der Waals surface area contributed by atoms with E-state index in [1.165, 1.54) is 11.3 Å².